The maximum absolute atomic E-state index is 6.28. The van der Waals surface area contributed by atoms with E-state index in [0.717, 1.165) is 62.8 Å². The van der Waals surface area contributed by atoms with Crippen LogP contribution in [-0.2, 0) is 11.2 Å². The van der Waals surface area contributed by atoms with Gasteiger partial charge in [-0.3, -0.25) is 4.99 Å². The van der Waals surface area contributed by atoms with Crippen molar-refractivity contribution < 1.29 is 14.2 Å². The van der Waals surface area contributed by atoms with Gasteiger partial charge in [0.1, 0.15) is 13.2 Å². The third kappa shape index (κ3) is 5.16. The molecule has 1 aromatic carbocycles. The summed E-state index contributed by atoms with van der Waals surface area (Å²) in [6.07, 6.45) is 3.05. The van der Waals surface area contributed by atoms with E-state index in [1.807, 2.05) is 12.1 Å². The Morgan fingerprint density at radius 2 is 1.96 bits per heavy atom. The Labute approximate surface area is 153 Å². The molecular weight excluding hydrogens is 342 g/mol. The quantitative estimate of drug-likeness (QED) is 0.617. The summed E-state index contributed by atoms with van der Waals surface area (Å²) in [5.41, 5.74) is 1.11. The lowest BCUT2D eigenvalue weighted by Gasteiger charge is -2.23. The number of rotatable bonds is 5. The van der Waals surface area contributed by atoms with E-state index in [2.05, 4.69) is 15.6 Å². The van der Waals surface area contributed by atoms with Crippen LogP contribution < -0.4 is 20.1 Å². The molecule has 3 rings (SSSR count). The van der Waals surface area contributed by atoms with E-state index >= 15 is 0 Å². The third-order valence-electron chi connectivity index (χ3n) is 4.49. The lowest BCUT2D eigenvalue weighted by atomic mass is 10.0. The van der Waals surface area contributed by atoms with Gasteiger partial charge < -0.3 is 24.8 Å². The van der Waals surface area contributed by atoms with Crippen molar-refractivity contribution in [2.45, 2.75) is 19.3 Å². The molecule has 2 aliphatic heterocycles. The number of aliphatic imine (C=N–C) groups is 1. The summed E-state index contributed by atoms with van der Waals surface area (Å²) in [6.45, 7) is 4.53. The fraction of sp³-hybridized carbons (Fsp3) is 0.611. The second-order valence-electron chi connectivity index (χ2n) is 6.29. The van der Waals surface area contributed by atoms with Gasteiger partial charge in [0.05, 0.1) is 5.02 Å². The Hall–Kier alpha value is -1.66. The first-order valence-electron chi connectivity index (χ1n) is 8.86. The molecule has 0 aliphatic carbocycles. The monoisotopic (exact) mass is 367 g/mol. The normalized spacial score (nSPS) is 18.1. The summed E-state index contributed by atoms with van der Waals surface area (Å²) in [4.78, 5) is 4.28. The second-order valence-corrected chi connectivity index (χ2v) is 6.69. The van der Waals surface area contributed by atoms with E-state index in [1.54, 1.807) is 7.05 Å². The van der Waals surface area contributed by atoms with Crippen LogP contribution in [0.25, 0.3) is 0 Å². The van der Waals surface area contributed by atoms with Crippen LogP contribution in [0.1, 0.15) is 18.4 Å². The molecule has 0 amide bonds. The minimum Gasteiger partial charge on any atom is -0.486 e. The SMILES string of the molecule is CN=C(NCCc1cc(Cl)c2c(c1)OCCO2)NCC1CCOCC1. The highest BCUT2D eigenvalue weighted by Gasteiger charge is 2.17. The van der Waals surface area contributed by atoms with E-state index in [-0.39, 0.29) is 0 Å². The van der Waals surface area contributed by atoms with Gasteiger partial charge in [-0.25, -0.2) is 0 Å². The minimum absolute atomic E-state index is 0.544. The van der Waals surface area contributed by atoms with Gasteiger partial charge in [-0.15, -0.1) is 0 Å². The zero-order chi connectivity index (χ0) is 17.5. The van der Waals surface area contributed by atoms with Gasteiger partial charge in [-0.05, 0) is 42.9 Å². The lowest BCUT2D eigenvalue weighted by molar-refractivity contribution is 0.0675. The summed E-state index contributed by atoms with van der Waals surface area (Å²) in [5.74, 6) is 2.87. The average Bonchev–Trinajstić information content (AvgIpc) is 2.65. The molecule has 2 heterocycles. The van der Waals surface area contributed by atoms with Crippen molar-refractivity contribution in [2.24, 2.45) is 10.9 Å². The first kappa shape index (κ1) is 18.1. The third-order valence-corrected chi connectivity index (χ3v) is 4.77. The molecule has 1 aromatic rings. The van der Waals surface area contributed by atoms with Gasteiger partial charge in [0.2, 0.25) is 0 Å². The largest absolute Gasteiger partial charge is 0.486 e. The standard InChI is InChI=1S/C18H26ClN3O3/c1-20-18(22-12-13-3-6-23-7-4-13)21-5-2-14-10-15(19)17-16(11-14)24-8-9-25-17/h10-11,13H,2-9,12H2,1H3,(H2,20,21,22). The highest BCUT2D eigenvalue weighted by atomic mass is 35.5. The van der Waals surface area contributed by atoms with Crippen LogP contribution in [0.15, 0.2) is 17.1 Å². The van der Waals surface area contributed by atoms with Crippen molar-refractivity contribution in [3.05, 3.63) is 22.7 Å². The Bertz CT molecular complexity index is 603. The van der Waals surface area contributed by atoms with Gasteiger partial charge in [-0.1, -0.05) is 11.6 Å². The highest BCUT2D eigenvalue weighted by Crippen LogP contribution is 2.38. The number of hydrogen-bond donors (Lipinski definition) is 2. The molecule has 7 heteroatoms. The van der Waals surface area contributed by atoms with E-state index in [4.69, 9.17) is 25.8 Å². The van der Waals surface area contributed by atoms with Crippen LogP contribution in [0.5, 0.6) is 11.5 Å². The Balaban J connectivity index is 1.45. The molecule has 1 saturated heterocycles. The van der Waals surface area contributed by atoms with Crippen molar-refractivity contribution in [3.8, 4) is 11.5 Å². The van der Waals surface area contributed by atoms with E-state index in [9.17, 15) is 0 Å². The fourth-order valence-electron chi connectivity index (χ4n) is 3.05. The van der Waals surface area contributed by atoms with Crippen molar-refractivity contribution in [1.29, 1.82) is 0 Å². The summed E-state index contributed by atoms with van der Waals surface area (Å²) < 4.78 is 16.6. The van der Waals surface area contributed by atoms with Crippen molar-refractivity contribution in [2.75, 3.05) is 46.6 Å². The van der Waals surface area contributed by atoms with Crippen LogP contribution in [0, 0.1) is 5.92 Å². The molecule has 6 nitrogen and oxygen atoms in total. The molecule has 0 spiro atoms. The fourth-order valence-corrected chi connectivity index (χ4v) is 3.33. The molecule has 0 aromatic heterocycles. The van der Waals surface area contributed by atoms with Crippen LogP contribution in [0.2, 0.25) is 5.02 Å². The second kappa shape index (κ2) is 9.15. The highest BCUT2D eigenvalue weighted by molar-refractivity contribution is 6.32. The van der Waals surface area contributed by atoms with Crippen molar-refractivity contribution in [1.82, 2.24) is 10.6 Å². The molecule has 0 bridgehead atoms. The van der Waals surface area contributed by atoms with Gasteiger partial charge >= 0.3 is 0 Å². The molecule has 0 atom stereocenters. The van der Waals surface area contributed by atoms with Crippen molar-refractivity contribution in [3.63, 3.8) is 0 Å². The Morgan fingerprint density at radius 3 is 2.76 bits per heavy atom. The van der Waals surface area contributed by atoms with Crippen LogP contribution in [0.3, 0.4) is 0 Å². The summed E-state index contributed by atoms with van der Waals surface area (Å²) in [7, 11) is 1.79. The van der Waals surface area contributed by atoms with Gasteiger partial charge in [-0.2, -0.15) is 0 Å². The maximum Gasteiger partial charge on any atom is 0.190 e. The summed E-state index contributed by atoms with van der Waals surface area (Å²) in [5, 5.41) is 7.35. The van der Waals surface area contributed by atoms with Gasteiger partial charge in [0, 0.05) is 33.4 Å². The summed E-state index contributed by atoms with van der Waals surface area (Å²) in [6, 6.07) is 3.94. The van der Waals surface area contributed by atoms with Gasteiger partial charge in [0.25, 0.3) is 0 Å². The molecule has 2 aliphatic rings. The number of guanidine groups is 1. The number of nitrogens with one attached hydrogen (secondary N) is 2. The van der Waals surface area contributed by atoms with E-state index in [1.165, 1.54) is 0 Å². The first-order valence-corrected chi connectivity index (χ1v) is 9.24. The number of ether oxygens (including phenoxy) is 3. The Morgan fingerprint density at radius 1 is 1.16 bits per heavy atom. The molecule has 2 N–H and O–H groups in total. The lowest BCUT2D eigenvalue weighted by Crippen LogP contribution is -2.41. The smallest absolute Gasteiger partial charge is 0.190 e. The maximum atomic E-state index is 6.28. The number of hydrogen-bond acceptors (Lipinski definition) is 4. The molecule has 0 saturated carbocycles. The summed E-state index contributed by atoms with van der Waals surface area (Å²) >= 11 is 6.28. The molecule has 138 valence electrons. The van der Waals surface area contributed by atoms with E-state index in [0.29, 0.717) is 29.9 Å². The molecule has 0 radical (unpaired) electrons. The predicted octanol–water partition coefficient (Wildman–Crippen LogP) is 2.25. The molecule has 1 fully saturated rings. The average molecular weight is 368 g/mol. The number of benzene rings is 1. The minimum atomic E-state index is 0.544. The van der Waals surface area contributed by atoms with Crippen LogP contribution in [0.4, 0.5) is 0 Å². The topological polar surface area (TPSA) is 64.1 Å². The van der Waals surface area contributed by atoms with Crippen molar-refractivity contribution >= 4 is 17.6 Å². The van der Waals surface area contributed by atoms with Crippen LogP contribution in [-0.4, -0.2) is 52.5 Å². The molecular formula is C18H26ClN3O3. The zero-order valence-corrected chi connectivity index (χ0v) is 15.4. The van der Waals surface area contributed by atoms with Gasteiger partial charge in [0.15, 0.2) is 17.5 Å². The van der Waals surface area contributed by atoms with Crippen LogP contribution >= 0.6 is 11.6 Å². The molecule has 25 heavy (non-hydrogen) atoms. The zero-order valence-electron chi connectivity index (χ0n) is 14.6. The first-order chi connectivity index (χ1) is 12.3. The predicted molar refractivity (Wildman–Crippen MR) is 99.1 cm³/mol. The number of halogens is 1. The number of fused-ring (bicyclic) bond motifs is 1. The Kier molecular flexibility index (Phi) is 6.64. The molecule has 0 unspecified atom stereocenters. The van der Waals surface area contributed by atoms with E-state index < -0.39 is 0 Å². The number of nitrogens with zero attached hydrogens (tertiary/aromatic N) is 1.